The number of halogens is 2. The maximum atomic E-state index is 14.0. The lowest BCUT2D eigenvalue weighted by Crippen LogP contribution is -2.48. The third-order valence-corrected chi connectivity index (χ3v) is 5.42. The van der Waals surface area contributed by atoms with Crippen LogP contribution in [0.15, 0.2) is 59.2 Å². The minimum absolute atomic E-state index is 0.121. The normalized spacial score (nSPS) is 15.3. The number of carbonyl (C=O) groups is 1. The van der Waals surface area contributed by atoms with Gasteiger partial charge in [0.1, 0.15) is 5.82 Å². The van der Waals surface area contributed by atoms with E-state index in [1.54, 1.807) is 17.0 Å². The number of hydrogen-bond donors (Lipinski definition) is 0. The molecule has 0 unspecified atom stereocenters. The molecule has 1 saturated heterocycles. The highest BCUT2D eigenvalue weighted by atomic mass is 79.9. The van der Waals surface area contributed by atoms with Crippen molar-refractivity contribution in [2.45, 2.75) is 6.54 Å². The summed E-state index contributed by atoms with van der Waals surface area (Å²) in [6, 6.07) is 14.7. The molecule has 27 heavy (non-hydrogen) atoms. The summed E-state index contributed by atoms with van der Waals surface area (Å²) in [4.78, 5) is 21.2. The zero-order chi connectivity index (χ0) is 18.8. The van der Waals surface area contributed by atoms with E-state index in [-0.39, 0.29) is 11.5 Å². The maximum absolute atomic E-state index is 14.0. The highest BCUT2D eigenvalue weighted by Crippen LogP contribution is 2.20. The van der Waals surface area contributed by atoms with Crippen LogP contribution in [0, 0.1) is 5.82 Å². The van der Waals surface area contributed by atoms with Gasteiger partial charge < -0.3 is 4.90 Å². The highest BCUT2D eigenvalue weighted by molar-refractivity contribution is 9.10. The van der Waals surface area contributed by atoms with Crippen molar-refractivity contribution in [2.75, 3.05) is 26.2 Å². The molecule has 1 amide bonds. The zero-order valence-corrected chi connectivity index (χ0v) is 16.3. The van der Waals surface area contributed by atoms with Crippen molar-refractivity contribution in [3.63, 3.8) is 0 Å². The largest absolute Gasteiger partial charge is 0.336 e. The molecule has 1 fully saturated rings. The minimum Gasteiger partial charge on any atom is -0.336 e. The van der Waals surface area contributed by atoms with Crippen molar-refractivity contribution in [1.82, 2.24) is 14.8 Å². The van der Waals surface area contributed by atoms with E-state index in [9.17, 15) is 9.18 Å². The Morgan fingerprint density at radius 2 is 1.85 bits per heavy atom. The van der Waals surface area contributed by atoms with Crippen LogP contribution in [-0.4, -0.2) is 46.9 Å². The Labute approximate surface area is 165 Å². The van der Waals surface area contributed by atoms with Crippen LogP contribution in [0.4, 0.5) is 4.39 Å². The molecule has 1 aliphatic heterocycles. The van der Waals surface area contributed by atoms with Gasteiger partial charge in [0.05, 0.1) is 11.1 Å². The van der Waals surface area contributed by atoms with Gasteiger partial charge in [-0.25, -0.2) is 4.39 Å². The molecule has 3 aromatic rings. The van der Waals surface area contributed by atoms with Gasteiger partial charge in [0.25, 0.3) is 5.91 Å². The monoisotopic (exact) mass is 427 g/mol. The van der Waals surface area contributed by atoms with Gasteiger partial charge in [-0.05, 0) is 29.8 Å². The second-order valence-corrected chi connectivity index (χ2v) is 7.60. The molecule has 0 spiro atoms. The van der Waals surface area contributed by atoms with E-state index >= 15 is 0 Å². The smallest absolute Gasteiger partial charge is 0.256 e. The number of carbonyl (C=O) groups excluding carboxylic acids is 1. The summed E-state index contributed by atoms with van der Waals surface area (Å²) in [6.07, 6.45) is 1.81. The SMILES string of the molecule is O=C(c1cc(Br)ccc1F)N1CCN(Cc2cccc3cccnc23)CC1. The van der Waals surface area contributed by atoms with Gasteiger partial charge in [0.15, 0.2) is 0 Å². The summed E-state index contributed by atoms with van der Waals surface area (Å²) in [5.41, 5.74) is 2.33. The van der Waals surface area contributed by atoms with E-state index in [1.165, 1.54) is 11.6 Å². The number of aromatic nitrogens is 1. The van der Waals surface area contributed by atoms with Crippen LogP contribution >= 0.6 is 15.9 Å². The van der Waals surface area contributed by atoms with Crippen LogP contribution in [0.3, 0.4) is 0 Å². The first kappa shape index (κ1) is 18.1. The van der Waals surface area contributed by atoms with Crippen molar-refractivity contribution in [2.24, 2.45) is 0 Å². The molecule has 2 heterocycles. The Morgan fingerprint density at radius 1 is 1.07 bits per heavy atom. The molecule has 138 valence electrons. The van der Waals surface area contributed by atoms with Gasteiger partial charge in [-0.15, -0.1) is 0 Å². The first-order chi connectivity index (χ1) is 13.1. The Bertz CT molecular complexity index is 981. The van der Waals surface area contributed by atoms with Gasteiger partial charge >= 0.3 is 0 Å². The summed E-state index contributed by atoms with van der Waals surface area (Å²) in [5, 5.41) is 1.13. The Kier molecular flexibility index (Phi) is 5.18. The van der Waals surface area contributed by atoms with Gasteiger partial charge in [0.2, 0.25) is 0 Å². The van der Waals surface area contributed by atoms with Crippen molar-refractivity contribution >= 4 is 32.7 Å². The predicted molar refractivity (Wildman–Crippen MR) is 107 cm³/mol. The van der Waals surface area contributed by atoms with Crippen LogP contribution in [0.1, 0.15) is 15.9 Å². The van der Waals surface area contributed by atoms with E-state index < -0.39 is 5.82 Å². The number of piperazine rings is 1. The number of benzene rings is 2. The second kappa shape index (κ2) is 7.74. The van der Waals surface area contributed by atoms with Gasteiger partial charge in [-0.2, -0.15) is 0 Å². The van der Waals surface area contributed by atoms with Crippen LogP contribution in [0.2, 0.25) is 0 Å². The minimum atomic E-state index is -0.479. The van der Waals surface area contributed by atoms with Crippen LogP contribution < -0.4 is 0 Å². The molecule has 2 aromatic carbocycles. The number of fused-ring (bicyclic) bond motifs is 1. The van der Waals surface area contributed by atoms with Gasteiger partial charge in [-0.1, -0.05) is 40.2 Å². The number of hydrogen-bond acceptors (Lipinski definition) is 3. The first-order valence-electron chi connectivity index (χ1n) is 8.91. The van der Waals surface area contributed by atoms with Crippen LogP contribution in [0.5, 0.6) is 0 Å². The van der Waals surface area contributed by atoms with E-state index in [0.29, 0.717) is 17.6 Å². The molecule has 1 aromatic heterocycles. The Balaban J connectivity index is 1.43. The van der Waals surface area contributed by atoms with Crippen molar-refractivity contribution in [1.29, 1.82) is 0 Å². The summed E-state index contributed by atoms with van der Waals surface area (Å²) in [7, 11) is 0. The van der Waals surface area contributed by atoms with Crippen LogP contribution in [-0.2, 0) is 6.54 Å². The molecule has 0 atom stereocenters. The predicted octanol–water partition coefficient (Wildman–Crippen LogP) is 4.09. The molecule has 1 aliphatic rings. The lowest BCUT2D eigenvalue weighted by atomic mass is 10.1. The van der Waals surface area contributed by atoms with E-state index in [1.807, 2.05) is 12.3 Å². The molecule has 4 nitrogen and oxygen atoms in total. The average molecular weight is 428 g/mol. The maximum Gasteiger partial charge on any atom is 0.256 e. The lowest BCUT2D eigenvalue weighted by Gasteiger charge is -2.35. The molecule has 4 rings (SSSR count). The number of nitrogens with zero attached hydrogens (tertiary/aromatic N) is 3. The molecular weight excluding hydrogens is 409 g/mol. The van der Waals surface area contributed by atoms with E-state index in [0.717, 1.165) is 30.5 Å². The molecular formula is C21H19BrFN3O. The number of amides is 1. The molecule has 0 bridgehead atoms. The Hall–Kier alpha value is -2.31. The fraction of sp³-hybridized carbons (Fsp3) is 0.238. The van der Waals surface area contributed by atoms with Crippen molar-refractivity contribution in [3.8, 4) is 0 Å². The Morgan fingerprint density at radius 3 is 2.67 bits per heavy atom. The molecule has 0 saturated carbocycles. The number of pyridine rings is 1. The second-order valence-electron chi connectivity index (χ2n) is 6.68. The molecule has 0 aliphatic carbocycles. The molecule has 6 heteroatoms. The summed E-state index contributed by atoms with van der Waals surface area (Å²) in [5.74, 6) is -0.729. The molecule has 0 radical (unpaired) electrons. The lowest BCUT2D eigenvalue weighted by molar-refractivity contribution is 0.0624. The number of para-hydroxylation sites is 1. The van der Waals surface area contributed by atoms with Crippen molar-refractivity contribution in [3.05, 3.63) is 76.1 Å². The fourth-order valence-corrected chi connectivity index (χ4v) is 3.84. The number of rotatable bonds is 3. The van der Waals surface area contributed by atoms with Gasteiger partial charge in [0, 0.05) is 48.8 Å². The third kappa shape index (κ3) is 3.87. The fourth-order valence-electron chi connectivity index (χ4n) is 3.48. The van der Waals surface area contributed by atoms with E-state index in [4.69, 9.17) is 0 Å². The third-order valence-electron chi connectivity index (χ3n) is 4.93. The highest BCUT2D eigenvalue weighted by Gasteiger charge is 2.24. The average Bonchev–Trinajstić information content (AvgIpc) is 2.70. The van der Waals surface area contributed by atoms with Crippen LogP contribution in [0.25, 0.3) is 10.9 Å². The summed E-state index contributed by atoms with van der Waals surface area (Å²) < 4.78 is 14.7. The zero-order valence-electron chi connectivity index (χ0n) is 14.7. The van der Waals surface area contributed by atoms with Crippen molar-refractivity contribution < 1.29 is 9.18 Å². The summed E-state index contributed by atoms with van der Waals surface area (Å²) in [6.45, 7) is 3.47. The summed E-state index contributed by atoms with van der Waals surface area (Å²) >= 11 is 3.30. The first-order valence-corrected chi connectivity index (χ1v) is 9.70. The topological polar surface area (TPSA) is 36.4 Å². The van der Waals surface area contributed by atoms with Gasteiger partial charge in [-0.3, -0.25) is 14.7 Å². The quantitative estimate of drug-likeness (QED) is 0.631. The standard InChI is InChI=1S/C21H19BrFN3O/c22-17-6-7-19(23)18(13-17)21(27)26-11-9-25(10-12-26)14-16-4-1-3-15-5-2-8-24-20(15)16/h1-8,13H,9-12,14H2. The molecule has 0 N–H and O–H groups in total. The van der Waals surface area contributed by atoms with E-state index in [2.05, 4.69) is 50.1 Å².